The van der Waals surface area contributed by atoms with Crippen LogP contribution in [0.3, 0.4) is 0 Å². The van der Waals surface area contributed by atoms with E-state index in [9.17, 15) is 9.59 Å². The number of hydrogen-bond donors (Lipinski definition) is 3. The van der Waals surface area contributed by atoms with Crippen molar-refractivity contribution in [2.45, 2.75) is 37.6 Å². The minimum atomic E-state index is -0.855. The third-order valence-electron chi connectivity index (χ3n) is 3.81. The second kappa shape index (κ2) is 8.73. The number of nitrogens with two attached hydrogens (primary N) is 1. The first kappa shape index (κ1) is 20.0. The molecular weight excluding hydrogens is 361 g/mol. The van der Waals surface area contributed by atoms with Crippen molar-refractivity contribution in [1.82, 2.24) is 5.32 Å². The lowest BCUT2D eigenvalue weighted by Gasteiger charge is -2.31. The fourth-order valence-electron chi connectivity index (χ4n) is 2.53. The van der Waals surface area contributed by atoms with E-state index in [-0.39, 0.29) is 30.8 Å². The molecule has 0 radical (unpaired) electrons. The summed E-state index contributed by atoms with van der Waals surface area (Å²) in [5.74, 6) is -0.656. The normalized spacial score (nSPS) is 16.1. The molecule has 2 rings (SSSR count). The molecule has 0 bridgehead atoms. The minimum absolute atomic E-state index is 0. The van der Waals surface area contributed by atoms with Gasteiger partial charge in [-0.2, -0.15) is 0 Å². The molecule has 1 aromatic rings. The topological polar surface area (TPSA) is 84.2 Å². The van der Waals surface area contributed by atoms with Crippen LogP contribution >= 0.6 is 35.6 Å². The van der Waals surface area contributed by atoms with Gasteiger partial charge in [0.2, 0.25) is 11.8 Å². The van der Waals surface area contributed by atoms with Crippen molar-refractivity contribution in [3.8, 4) is 0 Å². The van der Waals surface area contributed by atoms with Gasteiger partial charge in [-0.1, -0.05) is 42.5 Å². The summed E-state index contributed by atoms with van der Waals surface area (Å²) in [5, 5.41) is 6.05. The van der Waals surface area contributed by atoms with Gasteiger partial charge in [0.25, 0.3) is 0 Å². The van der Waals surface area contributed by atoms with Crippen LogP contribution in [0, 0.1) is 0 Å². The predicted molar refractivity (Wildman–Crippen MR) is 95.4 cm³/mol. The number of anilines is 1. The van der Waals surface area contributed by atoms with Crippen LogP contribution in [0.25, 0.3) is 0 Å². The van der Waals surface area contributed by atoms with Crippen molar-refractivity contribution < 1.29 is 9.59 Å². The van der Waals surface area contributed by atoms with Crippen LogP contribution in [0.1, 0.15) is 32.1 Å². The first-order valence-electron chi connectivity index (χ1n) is 7.23. The van der Waals surface area contributed by atoms with Gasteiger partial charge in [0.15, 0.2) is 0 Å². The fourth-order valence-corrected chi connectivity index (χ4v) is 2.87. The molecule has 23 heavy (non-hydrogen) atoms. The number of carbonyl (C=O) groups is 2. The zero-order chi connectivity index (χ0) is 16.2. The molecule has 5 nitrogen and oxygen atoms in total. The van der Waals surface area contributed by atoms with E-state index in [1.54, 1.807) is 18.2 Å². The quantitative estimate of drug-likeness (QED) is 0.750. The molecule has 1 aliphatic rings. The van der Waals surface area contributed by atoms with Crippen molar-refractivity contribution in [2.75, 3.05) is 11.9 Å². The Morgan fingerprint density at radius 1 is 1.17 bits per heavy atom. The number of benzene rings is 1. The maximum atomic E-state index is 12.1. The molecule has 2 amide bonds. The monoisotopic (exact) mass is 379 g/mol. The third-order valence-corrected chi connectivity index (χ3v) is 4.37. The van der Waals surface area contributed by atoms with Crippen LogP contribution in [-0.4, -0.2) is 23.9 Å². The Labute approximate surface area is 151 Å². The lowest BCUT2D eigenvalue weighted by atomic mass is 9.82. The second-order valence-electron chi connectivity index (χ2n) is 5.57. The summed E-state index contributed by atoms with van der Waals surface area (Å²) in [6.07, 6.45) is 4.28. The molecule has 1 saturated carbocycles. The molecule has 0 unspecified atom stereocenters. The van der Waals surface area contributed by atoms with E-state index >= 15 is 0 Å². The van der Waals surface area contributed by atoms with Crippen LogP contribution in [0.15, 0.2) is 18.2 Å². The predicted octanol–water partition coefficient (Wildman–Crippen LogP) is 3.13. The molecule has 1 aliphatic carbocycles. The van der Waals surface area contributed by atoms with Crippen LogP contribution < -0.4 is 16.4 Å². The zero-order valence-corrected chi connectivity index (χ0v) is 14.9. The molecule has 0 atom stereocenters. The molecule has 1 fully saturated rings. The Balaban J connectivity index is 0.00000264. The summed E-state index contributed by atoms with van der Waals surface area (Å²) in [6.45, 7) is -0.152. The number of halogens is 3. The van der Waals surface area contributed by atoms with Gasteiger partial charge in [0.1, 0.15) is 0 Å². The SMILES string of the molecule is Cl.NC1(C(=O)NCC(=O)Nc2cc(Cl)ccc2Cl)CCCCC1. The highest BCUT2D eigenvalue weighted by molar-refractivity contribution is 6.35. The summed E-state index contributed by atoms with van der Waals surface area (Å²) in [5.41, 5.74) is 5.66. The standard InChI is InChI=1S/C15H19Cl2N3O2.ClH/c16-10-4-5-11(17)12(8-10)20-13(21)9-19-14(22)15(18)6-2-1-3-7-15;/h4-5,8H,1-3,6-7,9,18H2,(H,19,22)(H,20,21);1H. The van der Waals surface area contributed by atoms with Crippen LogP contribution in [0.5, 0.6) is 0 Å². The third kappa shape index (κ3) is 5.53. The summed E-state index contributed by atoms with van der Waals surface area (Å²) in [6, 6.07) is 4.77. The van der Waals surface area contributed by atoms with Gasteiger partial charge in [0, 0.05) is 5.02 Å². The summed E-state index contributed by atoms with van der Waals surface area (Å²) >= 11 is 11.8. The molecule has 0 aliphatic heterocycles. The van der Waals surface area contributed by atoms with E-state index in [0.717, 1.165) is 19.3 Å². The lowest BCUT2D eigenvalue weighted by Crippen LogP contribution is -2.56. The smallest absolute Gasteiger partial charge is 0.243 e. The zero-order valence-electron chi connectivity index (χ0n) is 12.5. The van der Waals surface area contributed by atoms with Crippen molar-refractivity contribution in [3.63, 3.8) is 0 Å². The van der Waals surface area contributed by atoms with Gasteiger partial charge in [-0.05, 0) is 31.0 Å². The van der Waals surface area contributed by atoms with E-state index < -0.39 is 5.54 Å². The van der Waals surface area contributed by atoms with E-state index in [2.05, 4.69) is 10.6 Å². The Hall–Kier alpha value is -1.01. The number of rotatable bonds is 4. The highest BCUT2D eigenvalue weighted by Crippen LogP contribution is 2.26. The Morgan fingerprint density at radius 2 is 1.83 bits per heavy atom. The first-order chi connectivity index (χ1) is 10.4. The average Bonchev–Trinajstić information content (AvgIpc) is 2.49. The molecular formula is C15H20Cl3N3O2. The number of hydrogen-bond acceptors (Lipinski definition) is 3. The van der Waals surface area contributed by atoms with Gasteiger partial charge in [-0.15, -0.1) is 12.4 Å². The van der Waals surface area contributed by atoms with E-state index in [1.807, 2.05) is 0 Å². The van der Waals surface area contributed by atoms with Crippen LogP contribution in [0.4, 0.5) is 5.69 Å². The van der Waals surface area contributed by atoms with Gasteiger partial charge in [-0.25, -0.2) is 0 Å². The summed E-state index contributed by atoms with van der Waals surface area (Å²) in [4.78, 5) is 24.0. The first-order valence-corrected chi connectivity index (χ1v) is 7.98. The van der Waals surface area contributed by atoms with E-state index in [1.165, 1.54) is 0 Å². The molecule has 0 aromatic heterocycles. The number of nitrogens with one attached hydrogen (secondary N) is 2. The lowest BCUT2D eigenvalue weighted by molar-refractivity contribution is -0.129. The maximum absolute atomic E-state index is 12.1. The molecule has 0 spiro atoms. The molecule has 0 saturated heterocycles. The summed E-state index contributed by atoms with van der Waals surface area (Å²) in [7, 11) is 0. The Bertz CT molecular complexity index is 575. The minimum Gasteiger partial charge on any atom is -0.345 e. The van der Waals surface area contributed by atoms with Gasteiger partial charge >= 0.3 is 0 Å². The molecule has 0 heterocycles. The van der Waals surface area contributed by atoms with Crippen molar-refractivity contribution in [3.05, 3.63) is 28.2 Å². The van der Waals surface area contributed by atoms with Crippen molar-refractivity contribution in [1.29, 1.82) is 0 Å². The van der Waals surface area contributed by atoms with E-state index in [4.69, 9.17) is 28.9 Å². The molecule has 8 heteroatoms. The van der Waals surface area contributed by atoms with Crippen LogP contribution in [0.2, 0.25) is 10.0 Å². The van der Waals surface area contributed by atoms with Crippen LogP contribution in [-0.2, 0) is 9.59 Å². The van der Waals surface area contributed by atoms with Crippen molar-refractivity contribution >= 4 is 53.1 Å². The highest BCUT2D eigenvalue weighted by Gasteiger charge is 2.35. The van der Waals surface area contributed by atoms with E-state index in [0.29, 0.717) is 28.6 Å². The average molecular weight is 381 g/mol. The van der Waals surface area contributed by atoms with Crippen molar-refractivity contribution in [2.24, 2.45) is 5.73 Å². The molecule has 128 valence electrons. The largest absolute Gasteiger partial charge is 0.345 e. The number of carbonyl (C=O) groups excluding carboxylic acids is 2. The maximum Gasteiger partial charge on any atom is 0.243 e. The van der Waals surface area contributed by atoms with Gasteiger partial charge < -0.3 is 16.4 Å². The highest BCUT2D eigenvalue weighted by atomic mass is 35.5. The summed E-state index contributed by atoms with van der Waals surface area (Å²) < 4.78 is 0. The Kier molecular flexibility index (Phi) is 7.61. The fraction of sp³-hybridized carbons (Fsp3) is 0.467. The number of amides is 2. The molecule has 1 aromatic carbocycles. The molecule has 4 N–H and O–H groups in total. The van der Waals surface area contributed by atoms with Gasteiger partial charge in [-0.3, -0.25) is 9.59 Å². The Morgan fingerprint density at radius 3 is 2.48 bits per heavy atom. The second-order valence-corrected chi connectivity index (χ2v) is 6.42. The van der Waals surface area contributed by atoms with Gasteiger partial charge in [0.05, 0.1) is 22.8 Å².